The number of hydrogen-bond acceptors (Lipinski definition) is 9. The lowest BCUT2D eigenvalue weighted by atomic mass is 9.85. The maximum absolute atomic E-state index is 14.5. The Bertz CT molecular complexity index is 1750. The topological polar surface area (TPSA) is 181 Å². The van der Waals surface area contributed by atoms with E-state index in [1.54, 1.807) is 25.7 Å². The molecule has 5 aliphatic rings. The number of fused-ring (bicyclic) bond motifs is 3. The number of nitrogens with one attached hydrogen (secondary N) is 3. The molecular formula is C38H55N5O9S. The van der Waals surface area contributed by atoms with Crippen LogP contribution in [0.5, 0.6) is 0 Å². The van der Waals surface area contributed by atoms with Crippen LogP contribution in [-0.2, 0) is 53.4 Å². The van der Waals surface area contributed by atoms with E-state index < -0.39 is 74.3 Å². The normalized spacial score (nSPS) is 29.4. The summed E-state index contributed by atoms with van der Waals surface area (Å²) in [4.78, 5) is 72.5. The van der Waals surface area contributed by atoms with Crippen LogP contribution in [0.1, 0.15) is 110 Å². The average Bonchev–Trinajstić information content (AvgIpc) is 3.97. The zero-order valence-electron chi connectivity index (χ0n) is 31.8. The van der Waals surface area contributed by atoms with Crippen LogP contribution in [0.3, 0.4) is 0 Å². The summed E-state index contributed by atoms with van der Waals surface area (Å²) >= 11 is 0. The summed E-state index contributed by atoms with van der Waals surface area (Å²) in [5, 5.41) is 4.93. The number of rotatable bonds is 6. The lowest BCUT2D eigenvalue weighted by molar-refractivity contribution is -0.145. The Labute approximate surface area is 312 Å². The Hall–Kier alpha value is -3.88. The van der Waals surface area contributed by atoms with E-state index in [2.05, 4.69) is 21.4 Å². The molecule has 3 N–H and O–H groups in total. The molecule has 6 rings (SSSR count). The highest BCUT2D eigenvalue weighted by atomic mass is 32.2. The molecule has 53 heavy (non-hydrogen) atoms. The fourth-order valence-corrected chi connectivity index (χ4v) is 9.38. The standard InChI is InChI=1S/C38H55N5O9S/c1-7-25-19-38(25,33(46)41-53(49,50)26-14-15-26)40-31(44)29-28-16-18-43(29)32(45)30(36(2,3)4)39-34(47)51-22-37(5,6)17-9-8-11-23-12-10-13-24-20-42(21-27(23)24)35(48)52-28/h10,12-13,25-26,28-30H,7-9,11,14-22H2,1-6H3,(H,39,47)(H,40,44)(H,41,46)/t25-,28-,29+,30-,38-/m1/s1. The monoisotopic (exact) mass is 757 g/mol. The van der Waals surface area contributed by atoms with Gasteiger partial charge >= 0.3 is 12.2 Å². The molecule has 2 saturated carbocycles. The van der Waals surface area contributed by atoms with Crippen LogP contribution in [0.2, 0.25) is 0 Å². The van der Waals surface area contributed by atoms with E-state index in [1.807, 2.05) is 32.9 Å². The third kappa shape index (κ3) is 8.29. The van der Waals surface area contributed by atoms with Crippen molar-refractivity contribution in [2.45, 2.75) is 141 Å². The molecule has 0 aromatic heterocycles. The number of nitrogens with zero attached hydrogens (tertiary/aromatic N) is 2. The van der Waals surface area contributed by atoms with E-state index in [9.17, 15) is 32.4 Å². The van der Waals surface area contributed by atoms with Gasteiger partial charge in [0.05, 0.1) is 11.9 Å². The molecule has 3 heterocycles. The van der Waals surface area contributed by atoms with Crippen molar-refractivity contribution in [3.05, 3.63) is 34.9 Å². The minimum Gasteiger partial charge on any atom is -0.449 e. The number of ether oxygens (including phenoxy) is 2. The van der Waals surface area contributed by atoms with Gasteiger partial charge in [0.1, 0.15) is 23.7 Å². The van der Waals surface area contributed by atoms with Crippen molar-refractivity contribution in [1.82, 2.24) is 25.2 Å². The molecule has 2 aliphatic carbocycles. The second-order valence-corrected chi connectivity index (χ2v) is 19.4. The third-order valence-electron chi connectivity index (χ3n) is 11.6. The summed E-state index contributed by atoms with van der Waals surface area (Å²) in [6.07, 6.45) is 2.76. The molecule has 5 amide bonds. The Kier molecular flexibility index (Phi) is 10.6. The van der Waals surface area contributed by atoms with Gasteiger partial charge in [-0.3, -0.25) is 24.0 Å². The number of hydrogen-bond donors (Lipinski definition) is 3. The lowest BCUT2D eigenvalue weighted by Crippen LogP contribution is -2.62. The second-order valence-electron chi connectivity index (χ2n) is 17.4. The molecule has 3 aliphatic heterocycles. The Morgan fingerprint density at radius 2 is 1.75 bits per heavy atom. The molecule has 0 radical (unpaired) electrons. The van der Waals surface area contributed by atoms with E-state index in [4.69, 9.17) is 9.47 Å². The van der Waals surface area contributed by atoms with Crippen molar-refractivity contribution in [2.24, 2.45) is 16.7 Å². The van der Waals surface area contributed by atoms with E-state index in [1.165, 1.54) is 4.90 Å². The molecule has 15 heteroatoms. The fourth-order valence-electron chi connectivity index (χ4n) is 8.02. The summed E-state index contributed by atoms with van der Waals surface area (Å²) in [6.45, 7) is 12.1. The number of cyclic esters (lactones) is 1. The summed E-state index contributed by atoms with van der Waals surface area (Å²) in [6, 6.07) is 3.59. The van der Waals surface area contributed by atoms with Gasteiger partial charge in [0.25, 0.3) is 5.91 Å². The van der Waals surface area contributed by atoms with Crippen LogP contribution in [0.25, 0.3) is 0 Å². The lowest BCUT2D eigenvalue weighted by Gasteiger charge is -2.36. The smallest absolute Gasteiger partial charge is 0.410 e. The molecule has 1 aromatic carbocycles. The molecule has 1 saturated heterocycles. The molecule has 292 valence electrons. The van der Waals surface area contributed by atoms with Gasteiger partial charge < -0.3 is 25.0 Å². The van der Waals surface area contributed by atoms with Crippen molar-refractivity contribution < 1.29 is 41.9 Å². The second kappa shape index (κ2) is 14.4. The van der Waals surface area contributed by atoms with Gasteiger partial charge in [0, 0.05) is 26.1 Å². The van der Waals surface area contributed by atoms with Gasteiger partial charge in [0.2, 0.25) is 21.8 Å². The van der Waals surface area contributed by atoms with Crippen LogP contribution in [0, 0.1) is 16.7 Å². The minimum atomic E-state index is -3.90. The number of sulfonamides is 1. The van der Waals surface area contributed by atoms with Crippen molar-refractivity contribution in [1.29, 1.82) is 0 Å². The van der Waals surface area contributed by atoms with Crippen molar-refractivity contribution in [2.75, 3.05) is 13.2 Å². The van der Waals surface area contributed by atoms with Crippen LogP contribution in [-0.4, -0.2) is 90.3 Å². The fraction of sp³-hybridized carbons (Fsp3) is 0.711. The quantitative estimate of drug-likeness (QED) is 0.388. The summed E-state index contributed by atoms with van der Waals surface area (Å²) in [5.41, 5.74) is 0.629. The van der Waals surface area contributed by atoms with E-state index in [0.717, 1.165) is 42.4 Å². The van der Waals surface area contributed by atoms with E-state index in [-0.39, 0.29) is 37.3 Å². The minimum absolute atomic E-state index is 0.0298. The summed E-state index contributed by atoms with van der Waals surface area (Å²) in [7, 11) is -3.90. The molecule has 5 atom stereocenters. The van der Waals surface area contributed by atoms with Gasteiger partial charge in [-0.25, -0.2) is 18.0 Å². The zero-order valence-corrected chi connectivity index (χ0v) is 32.6. The van der Waals surface area contributed by atoms with Crippen molar-refractivity contribution in [3.63, 3.8) is 0 Å². The summed E-state index contributed by atoms with van der Waals surface area (Å²) < 4.78 is 39.4. The van der Waals surface area contributed by atoms with Crippen molar-refractivity contribution >= 4 is 39.9 Å². The molecule has 3 fully saturated rings. The van der Waals surface area contributed by atoms with Crippen LogP contribution in [0.4, 0.5) is 9.59 Å². The predicted octanol–water partition coefficient (Wildman–Crippen LogP) is 3.90. The molecule has 0 spiro atoms. The molecule has 1 aromatic rings. The van der Waals surface area contributed by atoms with Gasteiger partial charge in [-0.2, -0.15) is 0 Å². The van der Waals surface area contributed by atoms with Crippen LogP contribution < -0.4 is 15.4 Å². The first-order chi connectivity index (χ1) is 24.8. The number of carbonyl (C=O) groups excluding carboxylic acids is 5. The highest BCUT2D eigenvalue weighted by Gasteiger charge is 2.62. The molecular weight excluding hydrogens is 703 g/mol. The average molecular weight is 758 g/mol. The first kappa shape index (κ1) is 38.8. The third-order valence-corrected chi connectivity index (χ3v) is 13.4. The number of benzene rings is 1. The van der Waals surface area contributed by atoms with Gasteiger partial charge in [-0.1, -0.05) is 72.6 Å². The van der Waals surface area contributed by atoms with Gasteiger partial charge in [0.15, 0.2) is 0 Å². The van der Waals surface area contributed by atoms with Crippen LogP contribution >= 0.6 is 0 Å². The summed E-state index contributed by atoms with van der Waals surface area (Å²) in [5.74, 6) is -2.46. The number of carbonyl (C=O) groups is 5. The first-order valence-corrected chi connectivity index (χ1v) is 20.6. The van der Waals surface area contributed by atoms with Gasteiger partial charge in [-0.15, -0.1) is 0 Å². The number of aryl methyl sites for hydroxylation is 1. The zero-order chi connectivity index (χ0) is 38.5. The molecule has 0 unspecified atom stereocenters. The van der Waals surface area contributed by atoms with Crippen molar-refractivity contribution in [3.8, 4) is 0 Å². The molecule has 4 bridgehead atoms. The Morgan fingerprint density at radius 1 is 1.04 bits per heavy atom. The maximum atomic E-state index is 14.5. The van der Waals surface area contributed by atoms with E-state index in [0.29, 0.717) is 32.4 Å². The maximum Gasteiger partial charge on any atom is 0.410 e. The van der Waals surface area contributed by atoms with E-state index >= 15 is 0 Å². The van der Waals surface area contributed by atoms with Crippen LogP contribution in [0.15, 0.2) is 18.2 Å². The SMILES string of the molecule is CC[C@@H]1C[C@]1(NC(=O)[C@@H]1[C@H]2CCN1C(=O)[C@H](C(C)(C)C)NC(=O)OCC(C)(C)CCCCc1cccc3c1CN(C3)C(=O)O2)C(=O)NS(=O)(=O)C1CC1. The Balaban J connectivity index is 1.31. The van der Waals surface area contributed by atoms with Gasteiger partial charge in [-0.05, 0) is 72.0 Å². The first-order valence-electron chi connectivity index (χ1n) is 19.0. The largest absolute Gasteiger partial charge is 0.449 e. The predicted molar refractivity (Wildman–Crippen MR) is 194 cm³/mol. The molecule has 14 nitrogen and oxygen atoms in total. The highest BCUT2D eigenvalue weighted by molar-refractivity contribution is 7.91. The number of alkyl carbamates (subject to hydrolysis) is 1. The Morgan fingerprint density at radius 3 is 2.42 bits per heavy atom. The highest BCUT2D eigenvalue weighted by Crippen LogP contribution is 2.47. The number of amides is 5.